The van der Waals surface area contributed by atoms with Crippen LogP contribution in [0.15, 0.2) is 52.8 Å². The van der Waals surface area contributed by atoms with Crippen molar-refractivity contribution in [3.8, 4) is 0 Å². The summed E-state index contributed by atoms with van der Waals surface area (Å²) >= 11 is 1.20. The van der Waals surface area contributed by atoms with Crippen LogP contribution in [0, 0.1) is 16.0 Å². The average Bonchev–Trinajstić information content (AvgIpc) is 2.78. The normalized spacial score (nSPS) is 14.6. The molecule has 0 N–H and O–H groups in total. The van der Waals surface area contributed by atoms with Gasteiger partial charge in [-0.1, -0.05) is 30.0 Å². The number of para-hydroxylation sites is 1. The Balaban J connectivity index is 1.66. The van der Waals surface area contributed by atoms with Gasteiger partial charge in [0.2, 0.25) is 5.82 Å². The molecule has 1 fully saturated rings. The molecule has 10 heteroatoms. The molecular weight excluding hydrogens is 406 g/mol. The molecule has 0 unspecified atom stereocenters. The van der Waals surface area contributed by atoms with Gasteiger partial charge in [0.25, 0.3) is 0 Å². The maximum Gasteiger partial charge on any atom is 0.343 e. The number of fused-ring (bicyclic) bond motifs is 1. The number of benzene rings is 1. The van der Waals surface area contributed by atoms with Crippen LogP contribution in [-0.2, 0) is 9.53 Å². The van der Waals surface area contributed by atoms with Gasteiger partial charge in [0, 0.05) is 29.6 Å². The van der Waals surface area contributed by atoms with Gasteiger partial charge in [-0.15, -0.1) is 0 Å². The second kappa shape index (κ2) is 8.62. The van der Waals surface area contributed by atoms with Crippen LogP contribution in [0.4, 0.5) is 11.5 Å². The molecule has 3 aromatic rings. The minimum atomic E-state index is -0.442. The number of esters is 1. The lowest BCUT2D eigenvalue weighted by Gasteiger charge is -2.31. The number of methoxy groups -OCH3 is 1. The number of pyridine rings is 1. The molecule has 0 radical (unpaired) electrons. The van der Waals surface area contributed by atoms with Crippen LogP contribution in [-0.4, -0.2) is 46.0 Å². The number of rotatable bonds is 5. The van der Waals surface area contributed by atoms with E-state index in [1.807, 2.05) is 35.2 Å². The molecule has 0 atom stereocenters. The van der Waals surface area contributed by atoms with Crippen molar-refractivity contribution in [3.05, 3.63) is 53.0 Å². The quantitative estimate of drug-likeness (QED) is 0.262. The number of nitro groups is 1. The van der Waals surface area contributed by atoms with Crippen molar-refractivity contribution in [1.82, 2.24) is 15.0 Å². The third-order valence-electron chi connectivity index (χ3n) is 5.08. The van der Waals surface area contributed by atoms with Gasteiger partial charge >= 0.3 is 11.7 Å². The number of anilines is 1. The fraction of sp³-hybridized carbons (Fsp3) is 0.300. The number of hydrogen-bond donors (Lipinski definition) is 0. The van der Waals surface area contributed by atoms with Gasteiger partial charge in [-0.05, 0) is 25.0 Å². The van der Waals surface area contributed by atoms with Gasteiger partial charge in [-0.25, -0.2) is 9.97 Å². The highest BCUT2D eigenvalue weighted by atomic mass is 32.2. The predicted octanol–water partition coefficient (Wildman–Crippen LogP) is 3.47. The summed E-state index contributed by atoms with van der Waals surface area (Å²) in [5.41, 5.74) is 0.630. The minimum absolute atomic E-state index is 0.132. The number of aromatic nitrogens is 3. The Morgan fingerprint density at radius 2 is 1.97 bits per heavy atom. The Morgan fingerprint density at radius 1 is 1.20 bits per heavy atom. The third-order valence-corrected chi connectivity index (χ3v) is 6.12. The lowest BCUT2D eigenvalue weighted by atomic mass is 9.97. The van der Waals surface area contributed by atoms with E-state index in [9.17, 15) is 14.9 Å². The molecule has 0 saturated carbocycles. The zero-order chi connectivity index (χ0) is 21.1. The van der Waals surface area contributed by atoms with Crippen molar-refractivity contribution in [2.45, 2.75) is 22.8 Å². The first-order valence-electron chi connectivity index (χ1n) is 9.42. The first-order valence-corrected chi connectivity index (χ1v) is 10.2. The molecule has 3 heterocycles. The number of piperidine rings is 1. The molecule has 154 valence electrons. The summed E-state index contributed by atoms with van der Waals surface area (Å²) in [4.78, 5) is 38.7. The van der Waals surface area contributed by atoms with Crippen molar-refractivity contribution in [1.29, 1.82) is 0 Å². The average molecular weight is 425 g/mol. The number of hydrogen-bond acceptors (Lipinski definition) is 9. The van der Waals surface area contributed by atoms with Gasteiger partial charge in [0.05, 0.1) is 23.5 Å². The SMILES string of the molecule is COC(=O)C1CCN(c2ncnc(Sc3cccc4cccnc34)c2[N+](=O)[O-])CC1. The smallest absolute Gasteiger partial charge is 0.343 e. The Kier molecular flexibility index (Phi) is 5.75. The van der Waals surface area contributed by atoms with Crippen LogP contribution in [0.2, 0.25) is 0 Å². The zero-order valence-corrected chi connectivity index (χ0v) is 17.0. The summed E-state index contributed by atoms with van der Waals surface area (Å²) in [7, 11) is 1.37. The van der Waals surface area contributed by atoms with E-state index in [0.717, 1.165) is 15.8 Å². The summed E-state index contributed by atoms with van der Waals surface area (Å²) in [6.45, 7) is 0.967. The molecule has 0 bridgehead atoms. The van der Waals surface area contributed by atoms with Crippen LogP contribution in [0.3, 0.4) is 0 Å². The van der Waals surface area contributed by atoms with Crippen molar-refractivity contribution in [3.63, 3.8) is 0 Å². The Bertz CT molecular complexity index is 1100. The second-order valence-corrected chi connectivity index (χ2v) is 7.86. The predicted molar refractivity (Wildman–Crippen MR) is 112 cm³/mol. The van der Waals surface area contributed by atoms with Crippen LogP contribution in [0.1, 0.15) is 12.8 Å². The number of ether oxygens (including phenoxy) is 1. The molecule has 1 aliphatic heterocycles. The molecule has 0 spiro atoms. The van der Waals surface area contributed by atoms with Crippen molar-refractivity contribution < 1.29 is 14.5 Å². The largest absolute Gasteiger partial charge is 0.469 e. The highest BCUT2D eigenvalue weighted by Crippen LogP contribution is 2.40. The minimum Gasteiger partial charge on any atom is -0.469 e. The fourth-order valence-electron chi connectivity index (χ4n) is 3.58. The molecule has 9 nitrogen and oxygen atoms in total. The number of carbonyl (C=O) groups excluding carboxylic acids is 1. The van der Waals surface area contributed by atoms with Crippen LogP contribution < -0.4 is 4.90 Å². The molecular formula is C20H19N5O4S. The summed E-state index contributed by atoms with van der Waals surface area (Å²) < 4.78 is 4.81. The summed E-state index contributed by atoms with van der Waals surface area (Å²) in [5.74, 6) is -0.164. The maximum atomic E-state index is 12.0. The molecule has 0 aliphatic carbocycles. The van der Waals surface area contributed by atoms with Gasteiger partial charge in [0.15, 0.2) is 5.03 Å². The number of carbonyl (C=O) groups is 1. The van der Waals surface area contributed by atoms with Crippen LogP contribution >= 0.6 is 11.8 Å². The van der Waals surface area contributed by atoms with E-state index >= 15 is 0 Å². The summed E-state index contributed by atoms with van der Waals surface area (Å²) in [5, 5.41) is 13.2. The molecule has 1 aliphatic rings. The topological polar surface area (TPSA) is 111 Å². The van der Waals surface area contributed by atoms with Crippen LogP contribution in [0.5, 0.6) is 0 Å². The Morgan fingerprint density at radius 3 is 2.70 bits per heavy atom. The van der Waals surface area contributed by atoms with E-state index < -0.39 is 4.92 Å². The lowest BCUT2D eigenvalue weighted by Crippen LogP contribution is -2.37. The Hall–Kier alpha value is -3.27. The molecule has 4 rings (SSSR count). The van der Waals surface area contributed by atoms with E-state index in [4.69, 9.17) is 4.74 Å². The summed E-state index contributed by atoms with van der Waals surface area (Å²) in [6, 6.07) is 9.49. The van der Waals surface area contributed by atoms with Crippen LogP contribution in [0.25, 0.3) is 10.9 Å². The third kappa shape index (κ3) is 3.90. The fourth-order valence-corrected chi connectivity index (χ4v) is 4.56. The van der Waals surface area contributed by atoms with Gasteiger partial charge in [-0.3, -0.25) is 19.9 Å². The molecule has 0 amide bonds. The standard InChI is InChI=1S/C20H19N5O4S/c1-29-20(26)14-7-10-24(11-8-14)18-17(25(27)28)19(23-12-22-18)30-15-6-2-4-13-5-3-9-21-16(13)15/h2-6,9,12,14H,7-8,10-11H2,1H3. The molecule has 2 aromatic heterocycles. The van der Waals surface area contributed by atoms with Gasteiger partial charge in [0.1, 0.15) is 6.33 Å². The van der Waals surface area contributed by atoms with Crippen molar-refractivity contribution in [2.75, 3.05) is 25.1 Å². The lowest BCUT2D eigenvalue weighted by molar-refractivity contribution is -0.387. The van der Waals surface area contributed by atoms with E-state index in [-0.39, 0.29) is 28.4 Å². The molecule has 30 heavy (non-hydrogen) atoms. The highest BCUT2D eigenvalue weighted by Gasteiger charge is 2.32. The van der Waals surface area contributed by atoms with Gasteiger partial charge < -0.3 is 9.64 Å². The maximum absolute atomic E-state index is 12.0. The van der Waals surface area contributed by atoms with Crippen molar-refractivity contribution >= 4 is 40.1 Å². The second-order valence-electron chi connectivity index (χ2n) is 6.83. The van der Waals surface area contributed by atoms with E-state index in [1.54, 1.807) is 6.20 Å². The Labute approximate surface area is 176 Å². The van der Waals surface area contributed by atoms with E-state index in [2.05, 4.69) is 15.0 Å². The van der Waals surface area contributed by atoms with Gasteiger partial charge in [-0.2, -0.15) is 0 Å². The molecule has 1 saturated heterocycles. The van der Waals surface area contributed by atoms with E-state index in [0.29, 0.717) is 25.9 Å². The van der Waals surface area contributed by atoms with E-state index in [1.165, 1.54) is 25.2 Å². The monoisotopic (exact) mass is 425 g/mol. The first-order chi connectivity index (χ1) is 14.6. The molecule has 1 aromatic carbocycles. The van der Waals surface area contributed by atoms with Crippen molar-refractivity contribution in [2.24, 2.45) is 5.92 Å². The number of nitrogens with zero attached hydrogens (tertiary/aromatic N) is 5. The highest BCUT2D eigenvalue weighted by molar-refractivity contribution is 7.99. The zero-order valence-electron chi connectivity index (χ0n) is 16.2. The first kappa shape index (κ1) is 20.0. The summed E-state index contributed by atoms with van der Waals surface area (Å²) in [6.07, 6.45) is 4.15.